The fraction of sp³-hybridized carbons (Fsp3) is 0.500. The van der Waals surface area contributed by atoms with Crippen LogP contribution in [0.2, 0.25) is 5.02 Å². The van der Waals surface area contributed by atoms with Crippen LogP contribution >= 0.6 is 11.6 Å². The van der Waals surface area contributed by atoms with Crippen molar-refractivity contribution in [2.45, 2.75) is 49.8 Å². The van der Waals surface area contributed by atoms with Gasteiger partial charge in [0.2, 0.25) is 5.91 Å². The standard InChI is InChI=1S/C14H21ClN2O2S/c1-4-5-9(2)17-14(18)10(3)20(19)13-7-6-11(16)8-12(13)15/h6-10H,4-5,16H2,1-3H3,(H,17,18). The monoisotopic (exact) mass is 316 g/mol. The topological polar surface area (TPSA) is 72.2 Å². The van der Waals surface area contributed by atoms with Gasteiger partial charge in [0.25, 0.3) is 0 Å². The van der Waals surface area contributed by atoms with Gasteiger partial charge in [0.15, 0.2) is 0 Å². The first-order valence-corrected chi connectivity index (χ1v) is 8.21. The van der Waals surface area contributed by atoms with E-state index in [4.69, 9.17) is 17.3 Å². The molecule has 0 saturated heterocycles. The van der Waals surface area contributed by atoms with Crippen molar-refractivity contribution < 1.29 is 9.00 Å². The second-order valence-electron chi connectivity index (χ2n) is 4.83. The summed E-state index contributed by atoms with van der Waals surface area (Å²) in [6, 6.07) is 4.85. The predicted octanol–water partition coefficient (Wildman–Crippen LogP) is 2.72. The molecule has 0 radical (unpaired) electrons. The number of nitrogens with one attached hydrogen (secondary N) is 1. The maximum absolute atomic E-state index is 12.4. The summed E-state index contributed by atoms with van der Waals surface area (Å²) in [5, 5.41) is 2.53. The van der Waals surface area contributed by atoms with Gasteiger partial charge in [-0.15, -0.1) is 0 Å². The lowest BCUT2D eigenvalue weighted by molar-refractivity contribution is -0.121. The number of carbonyl (C=O) groups excluding carboxylic acids is 1. The number of nitrogen functional groups attached to an aromatic ring is 1. The number of amides is 1. The van der Waals surface area contributed by atoms with E-state index >= 15 is 0 Å². The van der Waals surface area contributed by atoms with E-state index in [1.165, 1.54) is 0 Å². The highest BCUT2D eigenvalue weighted by molar-refractivity contribution is 7.86. The van der Waals surface area contributed by atoms with Crippen molar-refractivity contribution in [1.82, 2.24) is 5.32 Å². The quantitative estimate of drug-likeness (QED) is 0.793. The molecule has 1 aromatic carbocycles. The average molecular weight is 317 g/mol. The van der Waals surface area contributed by atoms with Gasteiger partial charge in [0.1, 0.15) is 5.25 Å². The summed E-state index contributed by atoms with van der Waals surface area (Å²) in [6.45, 7) is 5.63. The van der Waals surface area contributed by atoms with Crippen LogP contribution in [0.3, 0.4) is 0 Å². The van der Waals surface area contributed by atoms with Crippen molar-refractivity contribution in [2.75, 3.05) is 5.73 Å². The molecule has 0 heterocycles. The van der Waals surface area contributed by atoms with Gasteiger partial charge in [-0.25, -0.2) is 0 Å². The first kappa shape index (κ1) is 17.0. The Morgan fingerprint density at radius 2 is 2.10 bits per heavy atom. The van der Waals surface area contributed by atoms with Crippen LogP contribution in [0.15, 0.2) is 23.1 Å². The number of nitrogens with two attached hydrogens (primary N) is 1. The molecule has 0 aliphatic heterocycles. The Bertz CT molecular complexity index is 508. The molecular weight excluding hydrogens is 296 g/mol. The Balaban J connectivity index is 2.78. The maximum Gasteiger partial charge on any atom is 0.236 e. The van der Waals surface area contributed by atoms with Crippen molar-refractivity contribution >= 4 is 34.0 Å². The zero-order valence-electron chi connectivity index (χ0n) is 12.0. The molecule has 1 amide bonds. The first-order valence-electron chi connectivity index (χ1n) is 6.62. The lowest BCUT2D eigenvalue weighted by Crippen LogP contribution is -2.40. The molecule has 0 aliphatic rings. The van der Waals surface area contributed by atoms with Crippen LogP contribution in [0, 0.1) is 0 Å². The minimum absolute atomic E-state index is 0.0776. The number of rotatable bonds is 6. The number of carbonyl (C=O) groups is 1. The van der Waals surface area contributed by atoms with Crippen molar-refractivity contribution in [3.63, 3.8) is 0 Å². The van der Waals surface area contributed by atoms with Crippen LogP contribution in [-0.4, -0.2) is 21.4 Å². The van der Waals surface area contributed by atoms with E-state index in [2.05, 4.69) is 12.2 Å². The average Bonchev–Trinajstić information content (AvgIpc) is 2.37. The summed E-state index contributed by atoms with van der Waals surface area (Å²) in [5.74, 6) is -0.225. The van der Waals surface area contributed by atoms with Gasteiger partial charge in [-0.1, -0.05) is 24.9 Å². The molecular formula is C14H21ClN2O2S. The van der Waals surface area contributed by atoms with E-state index in [1.54, 1.807) is 25.1 Å². The summed E-state index contributed by atoms with van der Waals surface area (Å²) in [7, 11) is -1.50. The van der Waals surface area contributed by atoms with Crippen molar-refractivity contribution in [3.05, 3.63) is 23.2 Å². The molecule has 3 unspecified atom stereocenters. The third-order valence-electron chi connectivity index (χ3n) is 2.97. The van der Waals surface area contributed by atoms with Crippen LogP contribution in [0.5, 0.6) is 0 Å². The van der Waals surface area contributed by atoms with Gasteiger partial charge >= 0.3 is 0 Å². The van der Waals surface area contributed by atoms with E-state index in [1.807, 2.05) is 6.92 Å². The molecule has 1 rings (SSSR count). The molecule has 4 nitrogen and oxygen atoms in total. The normalized spacial score (nSPS) is 15.4. The van der Waals surface area contributed by atoms with Crippen LogP contribution in [0.1, 0.15) is 33.6 Å². The molecule has 3 atom stereocenters. The largest absolute Gasteiger partial charge is 0.399 e. The number of anilines is 1. The Labute approximate surface area is 127 Å². The van der Waals surface area contributed by atoms with Gasteiger partial charge in [0.05, 0.1) is 20.7 Å². The van der Waals surface area contributed by atoms with E-state index in [-0.39, 0.29) is 11.9 Å². The Morgan fingerprint density at radius 3 is 2.65 bits per heavy atom. The molecule has 20 heavy (non-hydrogen) atoms. The van der Waals surface area contributed by atoms with Crippen molar-refractivity contribution in [3.8, 4) is 0 Å². The molecule has 3 N–H and O–H groups in total. The summed E-state index contributed by atoms with van der Waals surface area (Å²) >= 11 is 6.02. The maximum atomic E-state index is 12.4. The van der Waals surface area contributed by atoms with Gasteiger partial charge in [-0.2, -0.15) is 0 Å². The zero-order valence-corrected chi connectivity index (χ0v) is 13.6. The van der Waals surface area contributed by atoms with Gasteiger partial charge < -0.3 is 11.1 Å². The third kappa shape index (κ3) is 4.49. The molecule has 0 bridgehead atoms. The Kier molecular flexibility index (Phi) is 6.49. The van der Waals surface area contributed by atoms with E-state index in [0.29, 0.717) is 15.6 Å². The van der Waals surface area contributed by atoms with Crippen LogP contribution in [0.4, 0.5) is 5.69 Å². The van der Waals surface area contributed by atoms with Gasteiger partial charge in [-0.05, 0) is 38.5 Å². The number of halogens is 1. The SMILES string of the molecule is CCCC(C)NC(=O)C(C)S(=O)c1ccc(N)cc1Cl. The number of hydrogen-bond acceptors (Lipinski definition) is 3. The van der Waals surface area contributed by atoms with E-state index < -0.39 is 16.0 Å². The Morgan fingerprint density at radius 1 is 1.45 bits per heavy atom. The summed E-state index contributed by atoms with van der Waals surface area (Å²) in [5.41, 5.74) is 6.10. The molecule has 6 heteroatoms. The molecule has 1 aromatic rings. The highest BCUT2D eigenvalue weighted by atomic mass is 35.5. The van der Waals surface area contributed by atoms with Crippen molar-refractivity contribution in [1.29, 1.82) is 0 Å². The summed E-state index contributed by atoms with van der Waals surface area (Å²) in [6.07, 6.45) is 1.89. The Hall–Kier alpha value is -1.07. The van der Waals surface area contributed by atoms with Crippen molar-refractivity contribution in [2.24, 2.45) is 0 Å². The smallest absolute Gasteiger partial charge is 0.236 e. The predicted molar refractivity (Wildman–Crippen MR) is 84.2 cm³/mol. The number of benzene rings is 1. The van der Waals surface area contributed by atoms with Crippen LogP contribution in [0.25, 0.3) is 0 Å². The summed E-state index contributed by atoms with van der Waals surface area (Å²) in [4.78, 5) is 12.5. The van der Waals surface area contributed by atoms with E-state index in [0.717, 1.165) is 12.8 Å². The molecule has 112 valence electrons. The second-order valence-corrected chi connectivity index (χ2v) is 6.98. The fourth-order valence-corrected chi connectivity index (χ4v) is 3.35. The zero-order chi connectivity index (χ0) is 15.3. The molecule has 0 aliphatic carbocycles. The minimum Gasteiger partial charge on any atom is -0.399 e. The molecule has 0 spiro atoms. The minimum atomic E-state index is -1.50. The molecule has 0 fully saturated rings. The first-order chi connectivity index (χ1) is 9.36. The van der Waals surface area contributed by atoms with Crippen LogP contribution < -0.4 is 11.1 Å². The summed E-state index contributed by atoms with van der Waals surface area (Å²) < 4.78 is 12.4. The van der Waals surface area contributed by atoms with Gasteiger partial charge in [0, 0.05) is 11.7 Å². The van der Waals surface area contributed by atoms with Gasteiger partial charge in [-0.3, -0.25) is 9.00 Å². The number of hydrogen-bond donors (Lipinski definition) is 2. The fourth-order valence-electron chi connectivity index (χ4n) is 1.83. The van der Waals surface area contributed by atoms with E-state index in [9.17, 15) is 9.00 Å². The molecule has 0 saturated carbocycles. The lowest BCUT2D eigenvalue weighted by Gasteiger charge is -2.17. The second kappa shape index (κ2) is 7.64. The highest BCUT2D eigenvalue weighted by Crippen LogP contribution is 2.24. The van der Waals surface area contributed by atoms with Crippen LogP contribution in [-0.2, 0) is 15.6 Å². The highest BCUT2D eigenvalue weighted by Gasteiger charge is 2.24. The lowest BCUT2D eigenvalue weighted by atomic mass is 10.2. The third-order valence-corrected chi connectivity index (χ3v) is 5.04. The molecule has 0 aromatic heterocycles.